The molecule has 2 aliphatic rings. The van der Waals surface area contributed by atoms with Crippen LogP contribution in [0.2, 0.25) is 0 Å². The zero-order valence-corrected chi connectivity index (χ0v) is 21.3. The second-order valence-electron chi connectivity index (χ2n) is 9.60. The number of aryl methyl sites for hydroxylation is 1. The summed E-state index contributed by atoms with van der Waals surface area (Å²) in [5.41, 5.74) is 8.25. The molecule has 5 aromatic rings. The average Bonchev–Trinajstić information content (AvgIpc) is 2.95. The van der Waals surface area contributed by atoms with Crippen LogP contribution in [0.1, 0.15) is 39.3 Å². The van der Waals surface area contributed by atoms with E-state index in [0.717, 1.165) is 33.4 Å². The summed E-state index contributed by atoms with van der Waals surface area (Å²) in [5, 5.41) is 1.08. The number of hydrogen-bond acceptors (Lipinski definition) is 3. The molecule has 7 rings (SSSR count). The van der Waals surface area contributed by atoms with Gasteiger partial charge < -0.3 is 4.74 Å². The van der Waals surface area contributed by atoms with Gasteiger partial charge in [-0.1, -0.05) is 127 Å². The second kappa shape index (κ2) is 8.79. The third kappa shape index (κ3) is 3.53. The highest BCUT2D eigenvalue weighted by molar-refractivity contribution is 8.15. The summed E-state index contributed by atoms with van der Waals surface area (Å²) < 4.78 is 5.98. The Morgan fingerprint density at radius 3 is 1.76 bits per heavy atom. The van der Waals surface area contributed by atoms with Crippen molar-refractivity contribution in [2.24, 2.45) is 4.99 Å². The van der Waals surface area contributed by atoms with Crippen molar-refractivity contribution in [1.29, 1.82) is 0 Å². The number of hydrogen-bond donors (Lipinski definition) is 0. The van der Waals surface area contributed by atoms with Gasteiger partial charge in [0, 0.05) is 16.7 Å². The topological polar surface area (TPSA) is 21.6 Å². The number of para-hydroxylation sites is 2. The summed E-state index contributed by atoms with van der Waals surface area (Å²) >= 11 is 1.86. The van der Waals surface area contributed by atoms with Crippen LogP contribution < -0.4 is 4.74 Å². The van der Waals surface area contributed by atoms with E-state index in [4.69, 9.17) is 9.73 Å². The average molecular weight is 496 g/mol. The Balaban J connectivity index is 1.54. The van der Waals surface area contributed by atoms with Crippen LogP contribution in [-0.4, -0.2) is 5.04 Å². The molecule has 0 aliphatic carbocycles. The van der Waals surface area contributed by atoms with Gasteiger partial charge in [0.15, 0.2) is 0 Å². The number of fused-ring (bicyclic) bond motifs is 6. The maximum absolute atomic E-state index is 6.46. The molecule has 2 heterocycles. The lowest BCUT2D eigenvalue weighted by atomic mass is 9.80. The predicted octanol–water partition coefficient (Wildman–Crippen LogP) is 9.00. The summed E-state index contributed by atoms with van der Waals surface area (Å²) in [7, 11) is 0. The standard InChI is InChI=1S/C34H25NOS/c1-23-20-21-29-28(22-23)34(26-16-8-10-18-30(26)36-31-19-11-9-17-27(31)34)37-33(35-29)32(24-12-4-2-5-13-24)25-14-6-3-7-15-25/h2-22,32H,1H3. The Morgan fingerprint density at radius 1 is 0.622 bits per heavy atom. The minimum atomic E-state index is -0.480. The first-order valence-corrected chi connectivity index (χ1v) is 13.4. The van der Waals surface area contributed by atoms with Crippen molar-refractivity contribution in [3.05, 3.63) is 161 Å². The molecule has 0 unspecified atom stereocenters. The SMILES string of the molecule is Cc1ccc2c(c1)C1(SC(C(c3ccccc3)c3ccccc3)=N2)c2ccccc2Oc2ccccc21. The molecular weight excluding hydrogens is 470 g/mol. The van der Waals surface area contributed by atoms with E-state index in [1.807, 2.05) is 11.8 Å². The zero-order valence-electron chi connectivity index (χ0n) is 20.5. The lowest BCUT2D eigenvalue weighted by Gasteiger charge is -2.43. The summed E-state index contributed by atoms with van der Waals surface area (Å²) in [5.74, 6) is 1.82. The smallest absolute Gasteiger partial charge is 0.132 e. The molecule has 1 spiro atoms. The minimum absolute atomic E-state index is 0.0147. The van der Waals surface area contributed by atoms with Crippen LogP contribution in [0.15, 0.2) is 132 Å². The Kier molecular flexibility index (Phi) is 5.26. The Bertz CT molecular complexity index is 1560. The molecule has 0 fully saturated rings. The molecule has 2 aliphatic heterocycles. The fourth-order valence-electron chi connectivity index (χ4n) is 5.63. The highest BCUT2D eigenvalue weighted by Crippen LogP contribution is 2.62. The van der Waals surface area contributed by atoms with Gasteiger partial charge in [0.1, 0.15) is 16.2 Å². The Labute approximate surface area is 221 Å². The molecule has 0 N–H and O–H groups in total. The lowest BCUT2D eigenvalue weighted by molar-refractivity contribution is 0.447. The molecule has 0 bridgehead atoms. The van der Waals surface area contributed by atoms with Gasteiger partial charge in [-0.3, -0.25) is 0 Å². The summed E-state index contributed by atoms with van der Waals surface area (Å²) in [4.78, 5) is 5.37. The van der Waals surface area contributed by atoms with Crippen molar-refractivity contribution in [3.8, 4) is 11.5 Å². The molecule has 5 aromatic carbocycles. The van der Waals surface area contributed by atoms with Gasteiger partial charge in [-0.15, -0.1) is 0 Å². The highest BCUT2D eigenvalue weighted by atomic mass is 32.2. The van der Waals surface area contributed by atoms with Crippen LogP contribution in [0.25, 0.3) is 0 Å². The largest absolute Gasteiger partial charge is 0.457 e. The fourth-order valence-corrected chi connectivity index (χ4v) is 7.31. The van der Waals surface area contributed by atoms with Crippen LogP contribution in [0.4, 0.5) is 5.69 Å². The molecule has 0 aromatic heterocycles. The number of nitrogens with zero attached hydrogens (tertiary/aromatic N) is 1. The molecule has 0 amide bonds. The minimum Gasteiger partial charge on any atom is -0.457 e. The molecule has 0 saturated carbocycles. The van der Waals surface area contributed by atoms with Crippen molar-refractivity contribution < 1.29 is 4.74 Å². The monoisotopic (exact) mass is 495 g/mol. The Morgan fingerprint density at radius 2 is 1.16 bits per heavy atom. The number of thioether (sulfide) groups is 1. The second-order valence-corrected chi connectivity index (χ2v) is 10.8. The van der Waals surface area contributed by atoms with Crippen molar-refractivity contribution >= 4 is 22.5 Å². The van der Waals surface area contributed by atoms with E-state index < -0.39 is 4.75 Å². The van der Waals surface area contributed by atoms with Crippen LogP contribution in [0.5, 0.6) is 11.5 Å². The first-order chi connectivity index (χ1) is 18.2. The lowest BCUT2D eigenvalue weighted by Crippen LogP contribution is -2.34. The van der Waals surface area contributed by atoms with E-state index in [1.165, 1.54) is 22.3 Å². The predicted molar refractivity (Wildman–Crippen MR) is 153 cm³/mol. The van der Waals surface area contributed by atoms with E-state index in [9.17, 15) is 0 Å². The van der Waals surface area contributed by atoms with E-state index >= 15 is 0 Å². The molecule has 0 radical (unpaired) electrons. The molecule has 178 valence electrons. The normalized spacial score (nSPS) is 14.8. The molecule has 2 nitrogen and oxygen atoms in total. The van der Waals surface area contributed by atoms with Crippen LogP contribution in [0, 0.1) is 6.92 Å². The molecule has 0 atom stereocenters. The third-order valence-electron chi connectivity index (χ3n) is 7.29. The van der Waals surface area contributed by atoms with Gasteiger partial charge in [0.05, 0.1) is 16.6 Å². The van der Waals surface area contributed by atoms with Gasteiger partial charge in [0.2, 0.25) is 0 Å². The fraction of sp³-hybridized carbons (Fsp3) is 0.0882. The van der Waals surface area contributed by atoms with E-state index in [-0.39, 0.29) is 5.92 Å². The van der Waals surface area contributed by atoms with Crippen molar-refractivity contribution in [1.82, 2.24) is 0 Å². The summed E-state index contributed by atoms with van der Waals surface area (Å²) in [6, 6.07) is 45.1. The maximum Gasteiger partial charge on any atom is 0.132 e. The highest BCUT2D eigenvalue weighted by Gasteiger charge is 2.49. The number of rotatable bonds is 3. The summed E-state index contributed by atoms with van der Waals surface area (Å²) in [6.07, 6.45) is 0. The van der Waals surface area contributed by atoms with Gasteiger partial charge in [0.25, 0.3) is 0 Å². The van der Waals surface area contributed by atoms with Crippen molar-refractivity contribution in [2.45, 2.75) is 17.6 Å². The zero-order chi connectivity index (χ0) is 24.8. The van der Waals surface area contributed by atoms with Gasteiger partial charge in [-0.25, -0.2) is 4.99 Å². The molecule has 37 heavy (non-hydrogen) atoms. The van der Waals surface area contributed by atoms with E-state index in [0.29, 0.717) is 0 Å². The quantitative estimate of drug-likeness (QED) is 0.249. The number of aliphatic imine (C=N–C) groups is 1. The first kappa shape index (κ1) is 22.1. The van der Waals surface area contributed by atoms with Gasteiger partial charge in [-0.2, -0.15) is 0 Å². The first-order valence-electron chi connectivity index (χ1n) is 12.6. The molecule has 3 heteroatoms. The van der Waals surface area contributed by atoms with Gasteiger partial charge in [-0.05, 0) is 36.2 Å². The van der Waals surface area contributed by atoms with Crippen molar-refractivity contribution in [3.63, 3.8) is 0 Å². The third-order valence-corrected chi connectivity index (χ3v) is 8.79. The van der Waals surface area contributed by atoms with Crippen LogP contribution in [0.3, 0.4) is 0 Å². The molecular formula is C34H25NOS. The molecule has 0 saturated heterocycles. The van der Waals surface area contributed by atoms with Crippen LogP contribution in [-0.2, 0) is 4.75 Å². The number of ether oxygens (including phenoxy) is 1. The van der Waals surface area contributed by atoms with Gasteiger partial charge >= 0.3 is 0 Å². The van der Waals surface area contributed by atoms with E-state index in [1.54, 1.807) is 0 Å². The summed E-state index contributed by atoms with van der Waals surface area (Å²) in [6.45, 7) is 2.16. The van der Waals surface area contributed by atoms with E-state index in [2.05, 4.69) is 134 Å². The van der Waals surface area contributed by atoms with Crippen molar-refractivity contribution in [2.75, 3.05) is 0 Å². The maximum atomic E-state index is 6.46. The van der Waals surface area contributed by atoms with Crippen LogP contribution >= 0.6 is 11.8 Å². The number of benzene rings is 5. The Hall–Kier alpha value is -4.08.